The first-order valence-electron chi connectivity index (χ1n) is 39.5. The summed E-state index contributed by atoms with van der Waals surface area (Å²) in [5.41, 5.74) is 0.386. The molecule has 15 rings (SSSR count). The molecule has 15 aromatic rings. The lowest BCUT2D eigenvalue weighted by atomic mass is 10.1. The third-order valence-electron chi connectivity index (χ3n) is 20.6. The summed E-state index contributed by atoms with van der Waals surface area (Å²) in [4.78, 5) is 115. The van der Waals surface area contributed by atoms with Gasteiger partial charge in [-0.3, -0.25) is 52.4 Å². The molecular formula is C94H77F12N13O9. The van der Waals surface area contributed by atoms with Gasteiger partial charge in [0.1, 0.15) is 52.2 Å². The average Bonchev–Trinajstić information content (AvgIpc) is 0.809. The first-order chi connectivity index (χ1) is 61.4. The lowest BCUT2D eigenvalue weighted by Crippen LogP contribution is -2.35. The molecule has 0 fully saturated rings. The van der Waals surface area contributed by atoms with Gasteiger partial charge in [0.2, 0.25) is 17.7 Å². The zero-order valence-corrected chi connectivity index (χ0v) is 68.4. The molecule has 0 unspecified atom stereocenters. The fourth-order valence-corrected chi connectivity index (χ4v) is 14.1. The number of H-pyrrole nitrogens is 1. The molecule has 0 bridgehead atoms. The number of halogens is 12. The number of pyridine rings is 2. The Morgan fingerprint density at radius 3 is 1.02 bits per heavy atom. The van der Waals surface area contributed by atoms with Crippen LogP contribution in [0.4, 0.5) is 52.7 Å². The number of carbonyl (C=O) groups excluding carboxylic acids is 3. The Labute approximate surface area is 721 Å². The second-order valence-electron chi connectivity index (χ2n) is 29.1. The fraction of sp³-hybridized carbons (Fsp3) is 0.191. The normalized spacial score (nSPS) is 11.5. The standard InChI is InChI=1S/2C32H26F4N4O3.C30H25F4N5O3/c1-43-24-12-10-23(11-13-24)40-29(38-28-8-3-2-7-25(28)31(40)42)15-17-39(20-22-6-4-5-16-37-22)30(41)19-21-9-14-26(27(33)18-21)32(34,35)36;1-43-24-9-7-23(8-10-24)40-29(38-28-5-3-2-4-25(28)31(40)42)14-17-39(20-21-12-15-37-16-13-21)30(41)19-22-6-11-26(27(33)18-22)32(34,35)36;1-42-22-9-7-21(8-10-22)39-27(37-26-5-3-2-4-23(26)29(39)41)12-13-38(17-20-16-35-18-36-20)28(40)15-19-6-11-24(25(31)14-19)30(32,33)34/h2-14,16,18H,15,17,19-20H2,1H3;2-13,15-16,18H,14,17,19-20H2,1H3;2-11,14,16,18H,12-13,15,17H2,1H3,(H,35,36). The van der Waals surface area contributed by atoms with E-state index in [0.717, 1.165) is 42.0 Å². The van der Waals surface area contributed by atoms with Crippen LogP contribution in [0.5, 0.6) is 17.2 Å². The van der Waals surface area contributed by atoms with Gasteiger partial charge in [0, 0.05) is 70.2 Å². The van der Waals surface area contributed by atoms with E-state index in [-0.39, 0.29) is 111 Å². The molecule has 6 aromatic heterocycles. The number of aromatic amines is 1. The number of imidazole rings is 1. The number of nitrogens with one attached hydrogen (secondary N) is 1. The van der Waals surface area contributed by atoms with Gasteiger partial charge >= 0.3 is 18.5 Å². The van der Waals surface area contributed by atoms with Crippen molar-refractivity contribution in [3.63, 3.8) is 0 Å². The largest absolute Gasteiger partial charge is 0.497 e. The molecule has 656 valence electrons. The van der Waals surface area contributed by atoms with Gasteiger partial charge in [-0.1, -0.05) is 60.7 Å². The highest BCUT2D eigenvalue weighted by Gasteiger charge is 2.37. The predicted octanol–water partition coefficient (Wildman–Crippen LogP) is 16.6. The van der Waals surface area contributed by atoms with E-state index in [1.165, 1.54) is 56.1 Å². The van der Waals surface area contributed by atoms with Crippen LogP contribution in [-0.4, -0.2) is 122 Å². The number of aromatic nitrogens is 10. The molecule has 128 heavy (non-hydrogen) atoms. The first-order valence-corrected chi connectivity index (χ1v) is 39.5. The van der Waals surface area contributed by atoms with E-state index in [1.54, 1.807) is 201 Å². The molecule has 9 aromatic carbocycles. The van der Waals surface area contributed by atoms with E-state index < -0.39 is 70.4 Å². The summed E-state index contributed by atoms with van der Waals surface area (Å²) in [5, 5.41) is 1.27. The highest BCUT2D eigenvalue weighted by Crippen LogP contribution is 2.35. The highest BCUT2D eigenvalue weighted by molar-refractivity contribution is 5.82. The van der Waals surface area contributed by atoms with Gasteiger partial charge in [-0.15, -0.1) is 0 Å². The van der Waals surface area contributed by atoms with Crippen LogP contribution in [0.25, 0.3) is 49.8 Å². The molecular weight excluding hydrogens is 1680 g/mol. The summed E-state index contributed by atoms with van der Waals surface area (Å²) in [5.74, 6) is -2.65. The van der Waals surface area contributed by atoms with Crippen molar-refractivity contribution in [1.82, 2.24) is 63.3 Å². The monoisotopic (exact) mass is 1760 g/mol. The SMILES string of the molecule is COc1ccc(-n2c(CCN(Cc3ccccn3)C(=O)Cc3ccc(C(F)(F)F)c(F)c3)nc3ccccc3c2=O)cc1.COc1ccc(-n2c(CCN(Cc3ccncc3)C(=O)Cc3ccc(C(F)(F)F)c(F)c3)nc3ccccc3c2=O)cc1.COc1ccc(-n2c(CCN(Cc3cnc[nH]3)C(=O)Cc3ccc(C(F)(F)F)c(F)c3)nc3ccccc3c2=O)cc1. The number of carbonyl (C=O) groups is 3. The van der Waals surface area contributed by atoms with Crippen molar-refractivity contribution >= 4 is 50.4 Å². The van der Waals surface area contributed by atoms with E-state index in [1.807, 2.05) is 0 Å². The maximum Gasteiger partial charge on any atom is 0.419 e. The number of hydrogen-bond donors (Lipinski definition) is 1. The molecule has 0 saturated heterocycles. The minimum atomic E-state index is -4.84. The Morgan fingerprint density at radius 1 is 0.375 bits per heavy atom. The summed E-state index contributed by atoms with van der Waals surface area (Å²) >= 11 is 0. The van der Waals surface area contributed by atoms with Crippen LogP contribution in [0.3, 0.4) is 0 Å². The summed E-state index contributed by atoms with van der Waals surface area (Å²) in [7, 11) is 4.61. The quantitative estimate of drug-likeness (QED) is 0.0470. The summed E-state index contributed by atoms with van der Waals surface area (Å²) < 4.78 is 180. The van der Waals surface area contributed by atoms with Crippen molar-refractivity contribution in [2.24, 2.45) is 0 Å². The number of nitrogens with zero attached hydrogens (tertiary/aromatic N) is 12. The van der Waals surface area contributed by atoms with Gasteiger partial charge in [0.05, 0.1) is 138 Å². The molecule has 0 atom stereocenters. The van der Waals surface area contributed by atoms with Crippen LogP contribution in [0.1, 0.15) is 67.8 Å². The molecule has 1 N–H and O–H groups in total. The van der Waals surface area contributed by atoms with Crippen LogP contribution in [0, 0.1) is 17.5 Å². The van der Waals surface area contributed by atoms with E-state index in [9.17, 15) is 81.5 Å². The Balaban J connectivity index is 0.000000164. The Morgan fingerprint density at radius 2 is 0.711 bits per heavy atom. The molecule has 0 aliphatic heterocycles. The lowest BCUT2D eigenvalue weighted by Gasteiger charge is -2.24. The number of ether oxygens (including phenoxy) is 3. The van der Waals surface area contributed by atoms with Gasteiger partial charge in [-0.25, -0.2) is 33.1 Å². The minimum absolute atomic E-state index is 0.0864. The average molecular weight is 1760 g/mol. The molecule has 0 aliphatic carbocycles. The zero-order valence-electron chi connectivity index (χ0n) is 68.4. The molecule has 0 radical (unpaired) electrons. The van der Waals surface area contributed by atoms with Crippen molar-refractivity contribution in [2.75, 3.05) is 41.0 Å². The minimum Gasteiger partial charge on any atom is -0.497 e. The molecule has 6 heterocycles. The number of amides is 3. The van der Waals surface area contributed by atoms with E-state index in [0.29, 0.717) is 114 Å². The maximum absolute atomic E-state index is 14.2. The number of para-hydroxylation sites is 3. The van der Waals surface area contributed by atoms with Crippen molar-refractivity contribution in [3.8, 4) is 34.3 Å². The van der Waals surface area contributed by atoms with E-state index in [4.69, 9.17) is 29.2 Å². The summed E-state index contributed by atoms with van der Waals surface area (Å²) in [6, 6.07) is 57.6. The lowest BCUT2D eigenvalue weighted by molar-refractivity contribution is -0.140. The molecule has 0 saturated carbocycles. The van der Waals surface area contributed by atoms with E-state index >= 15 is 0 Å². The highest BCUT2D eigenvalue weighted by atomic mass is 19.4. The second-order valence-corrected chi connectivity index (χ2v) is 29.1. The van der Waals surface area contributed by atoms with E-state index in [2.05, 4.69) is 19.9 Å². The predicted molar refractivity (Wildman–Crippen MR) is 451 cm³/mol. The summed E-state index contributed by atoms with van der Waals surface area (Å²) in [6.45, 7) is 0.656. The van der Waals surface area contributed by atoms with Gasteiger partial charge in [0.25, 0.3) is 16.7 Å². The van der Waals surface area contributed by atoms with Crippen LogP contribution >= 0.6 is 0 Å². The van der Waals surface area contributed by atoms with Crippen molar-refractivity contribution in [2.45, 2.75) is 76.7 Å². The van der Waals surface area contributed by atoms with Crippen LogP contribution in [0.2, 0.25) is 0 Å². The third kappa shape index (κ3) is 22.3. The van der Waals surface area contributed by atoms with Gasteiger partial charge < -0.3 is 33.9 Å². The molecule has 3 amide bonds. The van der Waals surface area contributed by atoms with Crippen molar-refractivity contribution in [1.29, 1.82) is 0 Å². The number of fused-ring (bicyclic) bond motifs is 3. The Kier molecular flexibility index (Phi) is 28.5. The van der Waals surface area contributed by atoms with Gasteiger partial charge in [-0.2, -0.15) is 39.5 Å². The van der Waals surface area contributed by atoms with Crippen LogP contribution < -0.4 is 30.9 Å². The number of rotatable bonds is 27. The smallest absolute Gasteiger partial charge is 0.419 e. The topological polar surface area (TPSA) is 248 Å². The molecule has 22 nitrogen and oxygen atoms in total. The number of hydrogen-bond acceptors (Lipinski definition) is 15. The molecule has 34 heteroatoms. The molecule has 0 spiro atoms. The Hall–Kier alpha value is -15.1. The maximum atomic E-state index is 14.2. The van der Waals surface area contributed by atoms with Gasteiger partial charge in [-0.05, 0) is 192 Å². The Bertz CT molecular complexity index is 6380. The van der Waals surface area contributed by atoms with Crippen LogP contribution in [-0.2, 0) is 91.1 Å². The number of methoxy groups -OCH3 is 3. The fourth-order valence-electron chi connectivity index (χ4n) is 14.1. The number of alkyl halides is 9. The zero-order chi connectivity index (χ0) is 91.0. The van der Waals surface area contributed by atoms with Gasteiger partial charge in [0.15, 0.2) is 0 Å². The van der Waals surface area contributed by atoms with Crippen molar-refractivity contribution < 1.29 is 81.3 Å². The summed E-state index contributed by atoms with van der Waals surface area (Å²) in [6.07, 6.45) is -7.30. The van der Waals surface area contributed by atoms with Crippen molar-refractivity contribution in [3.05, 3.63) is 378 Å². The number of benzene rings is 9. The second kappa shape index (κ2) is 40.2. The first kappa shape index (κ1) is 90.6. The molecule has 0 aliphatic rings. The third-order valence-corrected chi connectivity index (χ3v) is 20.6. The van der Waals surface area contributed by atoms with Crippen LogP contribution in [0.15, 0.2) is 276 Å².